The van der Waals surface area contributed by atoms with Gasteiger partial charge in [0.15, 0.2) is 0 Å². The van der Waals surface area contributed by atoms with Gasteiger partial charge in [-0.05, 0) is 36.4 Å². The molecule has 2 nitrogen and oxygen atoms in total. The van der Waals surface area contributed by atoms with Crippen molar-refractivity contribution in [3.05, 3.63) is 76.0 Å². The van der Waals surface area contributed by atoms with E-state index in [-0.39, 0.29) is 0 Å². The highest BCUT2D eigenvalue weighted by molar-refractivity contribution is 7.99. The van der Waals surface area contributed by atoms with Crippen LogP contribution in [0.1, 0.15) is 11.3 Å². The zero-order valence-corrected chi connectivity index (χ0v) is 16.2. The molecule has 0 radical (unpaired) electrons. The number of halogens is 2. The van der Waals surface area contributed by atoms with Crippen molar-refractivity contribution in [2.75, 3.05) is 0 Å². The molecule has 0 saturated carbocycles. The van der Waals surface area contributed by atoms with Crippen molar-refractivity contribution < 1.29 is 0 Å². The van der Waals surface area contributed by atoms with Crippen LogP contribution in [0.5, 0.6) is 0 Å². The molecule has 0 aliphatic carbocycles. The highest BCUT2D eigenvalue weighted by Crippen LogP contribution is 2.32. The standard InChI is InChI=1S/C18H16Cl2N2S2/c1-22-18(20)16(11-23-14-5-3-2-4-6-14)17(21-22)12-24-15-9-7-13(19)8-10-15/h2-10H,11-12H2,1H3. The number of aryl methyl sites for hydroxylation is 1. The van der Waals surface area contributed by atoms with Crippen LogP contribution in [0, 0.1) is 0 Å². The summed E-state index contributed by atoms with van der Waals surface area (Å²) in [5.74, 6) is 1.60. The molecule has 1 heterocycles. The highest BCUT2D eigenvalue weighted by Gasteiger charge is 2.15. The zero-order valence-electron chi connectivity index (χ0n) is 13.1. The van der Waals surface area contributed by atoms with E-state index in [4.69, 9.17) is 23.2 Å². The van der Waals surface area contributed by atoms with E-state index < -0.39 is 0 Å². The van der Waals surface area contributed by atoms with E-state index in [0.717, 1.165) is 27.8 Å². The minimum absolute atomic E-state index is 0.713. The van der Waals surface area contributed by atoms with Gasteiger partial charge in [-0.15, -0.1) is 23.5 Å². The second-order valence-electron chi connectivity index (χ2n) is 5.18. The van der Waals surface area contributed by atoms with Crippen molar-refractivity contribution in [2.45, 2.75) is 21.3 Å². The predicted molar refractivity (Wildman–Crippen MR) is 105 cm³/mol. The Bertz CT molecular complexity index is 802. The van der Waals surface area contributed by atoms with Crippen molar-refractivity contribution in [3.63, 3.8) is 0 Å². The minimum atomic E-state index is 0.713. The third kappa shape index (κ3) is 4.51. The Morgan fingerprint density at radius 2 is 1.50 bits per heavy atom. The summed E-state index contributed by atoms with van der Waals surface area (Å²) in [7, 11) is 1.88. The number of thioether (sulfide) groups is 2. The lowest BCUT2D eigenvalue weighted by Gasteiger charge is -2.04. The first-order valence-corrected chi connectivity index (χ1v) is 10.1. The monoisotopic (exact) mass is 394 g/mol. The van der Waals surface area contributed by atoms with Crippen LogP contribution in [-0.2, 0) is 18.6 Å². The van der Waals surface area contributed by atoms with Gasteiger partial charge in [0.05, 0.1) is 5.69 Å². The van der Waals surface area contributed by atoms with Crippen LogP contribution in [0.3, 0.4) is 0 Å². The third-order valence-electron chi connectivity index (χ3n) is 3.47. The Morgan fingerprint density at radius 3 is 2.21 bits per heavy atom. The smallest absolute Gasteiger partial charge is 0.131 e. The molecular formula is C18H16Cl2N2S2. The Labute approximate surface area is 160 Å². The van der Waals surface area contributed by atoms with Crippen LogP contribution in [0.2, 0.25) is 10.2 Å². The molecule has 6 heteroatoms. The first kappa shape index (κ1) is 17.7. The molecule has 3 rings (SSSR count). The lowest BCUT2D eigenvalue weighted by molar-refractivity contribution is 0.755. The van der Waals surface area contributed by atoms with Gasteiger partial charge in [0.25, 0.3) is 0 Å². The van der Waals surface area contributed by atoms with Gasteiger partial charge in [0.1, 0.15) is 5.15 Å². The summed E-state index contributed by atoms with van der Waals surface area (Å²) in [6, 6.07) is 18.2. The largest absolute Gasteiger partial charge is 0.256 e. The maximum Gasteiger partial charge on any atom is 0.131 e. The second kappa shape index (κ2) is 8.34. The molecule has 0 bridgehead atoms. The Morgan fingerprint density at radius 1 is 0.875 bits per heavy atom. The van der Waals surface area contributed by atoms with E-state index in [1.165, 1.54) is 9.79 Å². The number of hydrogen-bond acceptors (Lipinski definition) is 3. The normalized spacial score (nSPS) is 11.0. The summed E-state index contributed by atoms with van der Waals surface area (Å²) >= 11 is 15.9. The summed E-state index contributed by atoms with van der Waals surface area (Å²) < 4.78 is 1.75. The summed E-state index contributed by atoms with van der Waals surface area (Å²) in [5, 5.41) is 6.04. The van der Waals surface area contributed by atoms with Gasteiger partial charge >= 0.3 is 0 Å². The number of aromatic nitrogens is 2. The molecular weight excluding hydrogens is 379 g/mol. The molecule has 124 valence electrons. The fourth-order valence-corrected chi connectivity index (χ4v) is 4.46. The fraction of sp³-hybridized carbons (Fsp3) is 0.167. The molecule has 0 fully saturated rings. The van der Waals surface area contributed by atoms with E-state index in [2.05, 4.69) is 17.2 Å². The summed E-state index contributed by atoms with van der Waals surface area (Å²) in [4.78, 5) is 2.40. The van der Waals surface area contributed by atoms with Gasteiger partial charge in [-0.25, -0.2) is 0 Å². The molecule has 0 atom stereocenters. The van der Waals surface area contributed by atoms with Gasteiger partial charge in [0.2, 0.25) is 0 Å². The minimum Gasteiger partial charge on any atom is -0.256 e. The maximum atomic E-state index is 6.44. The van der Waals surface area contributed by atoms with Gasteiger partial charge < -0.3 is 0 Å². The summed E-state index contributed by atoms with van der Waals surface area (Å²) in [5.41, 5.74) is 2.14. The molecule has 2 aromatic carbocycles. The number of nitrogens with zero attached hydrogens (tertiary/aromatic N) is 2. The first-order valence-electron chi connectivity index (χ1n) is 7.40. The molecule has 0 N–H and O–H groups in total. The van der Waals surface area contributed by atoms with E-state index in [1.54, 1.807) is 28.2 Å². The molecule has 24 heavy (non-hydrogen) atoms. The van der Waals surface area contributed by atoms with Gasteiger partial charge in [-0.3, -0.25) is 4.68 Å². The van der Waals surface area contributed by atoms with E-state index in [0.29, 0.717) is 5.15 Å². The molecule has 0 amide bonds. The maximum absolute atomic E-state index is 6.44. The van der Waals surface area contributed by atoms with E-state index in [1.807, 2.05) is 49.5 Å². The van der Waals surface area contributed by atoms with Gasteiger partial charge in [-0.1, -0.05) is 41.4 Å². The fourth-order valence-electron chi connectivity index (χ4n) is 2.21. The SMILES string of the molecule is Cn1nc(CSc2ccc(Cl)cc2)c(CSc2ccccc2)c1Cl. The van der Waals surface area contributed by atoms with Gasteiger partial charge in [0, 0.05) is 38.9 Å². The molecule has 3 aromatic rings. The van der Waals surface area contributed by atoms with Crippen molar-refractivity contribution in [1.82, 2.24) is 9.78 Å². The topological polar surface area (TPSA) is 17.8 Å². The van der Waals surface area contributed by atoms with Crippen molar-refractivity contribution >= 4 is 46.7 Å². The predicted octanol–water partition coefficient (Wildman–Crippen LogP) is 6.31. The second-order valence-corrected chi connectivity index (χ2v) is 8.08. The zero-order chi connectivity index (χ0) is 16.9. The quantitative estimate of drug-likeness (QED) is 0.456. The third-order valence-corrected chi connectivity index (χ3v) is 6.25. The van der Waals surface area contributed by atoms with Crippen LogP contribution in [0.25, 0.3) is 0 Å². The highest BCUT2D eigenvalue weighted by atomic mass is 35.5. The summed E-state index contributed by atoms with van der Waals surface area (Å²) in [6.45, 7) is 0. The molecule has 1 aromatic heterocycles. The van der Waals surface area contributed by atoms with Crippen LogP contribution < -0.4 is 0 Å². The lowest BCUT2D eigenvalue weighted by atomic mass is 10.3. The van der Waals surface area contributed by atoms with Crippen LogP contribution in [0.4, 0.5) is 0 Å². The molecule has 0 spiro atoms. The Hall–Kier alpha value is -1.07. The van der Waals surface area contributed by atoms with E-state index in [9.17, 15) is 0 Å². The number of rotatable bonds is 6. The average molecular weight is 395 g/mol. The number of hydrogen-bond donors (Lipinski definition) is 0. The Kier molecular flexibility index (Phi) is 6.17. The molecule has 0 unspecified atom stereocenters. The molecule has 0 aliphatic heterocycles. The first-order chi connectivity index (χ1) is 11.6. The Balaban J connectivity index is 1.71. The molecule has 0 saturated heterocycles. The van der Waals surface area contributed by atoms with Crippen LogP contribution in [-0.4, -0.2) is 9.78 Å². The van der Waals surface area contributed by atoms with Crippen molar-refractivity contribution in [2.24, 2.45) is 7.05 Å². The van der Waals surface area contributed by atoms with Crippen molar-refractivity contribution in [3.8, 4) is 0 Å². The average Bonchev–Trinajstić information content (AvgIpc) is 2.87. The van der Waals surface area contributed by atoms with E-state index >= 15 is 0 Å². The molecule has 0 aliphatic rings. The van der Waals surface area contributed by atoms with Crippen LogP contribution in [0.15, 0.2) is 64.4 Å². The summed E-state index contributed by atoms with van der Waals surface area (Å²) in [6.07, 6.45) is 0. The van der Waals surface area contributed by atoms with Crippen LogP contribution >= 0.6 is 46.7 Å². The van der Waals surface area contributed by atoms with Gasteiger partial charge in [-0.2, -0.15) is 5.10 Å². The number of benzene rings is 2. The van der Waals surface area contributed by atoms with Crippen molar-refractivity contribution in [1.29, 1.82) is 0 Å². The lowest BCUT2D eigenvalue weighted by Crippen LogP contribution is -1.91.